The second-order valence-corrected chi connectivity index (χ2v) is 6.90. The lowest BCUT2D eigenvalue weighted by Gasteiger charge is -2.39. The summed E-state index contributed by atoms with van der Waals surface area (Å²) < 4.78 is 1.93. The van der Waals surface area contributed by atoms with Crippen LogP contribution in [-0.4, -0.2) is 15.8 Å². The van der Waals surface area contributed by atoms with E-state index in [0.29, 0.717) is 6.04 Å². The van der Waals surface area contributed by atoms with Gasteiger partial charge in [0.05, 0.1) is 11.4 Å². The molecule has 0 bridgehead atoms. The van der Waals surface area contributed by atoms with E-state index in [0.717, 1.165) is 17.5 Å². The summed E-state index contributed by atoms with van der Waals surface area (Å²) >= 11 is 0. The summed E-state index contributed by atoms with van der Waals surface area (Å²) in [6, 6.07) is 0.676. The summed E-state index contributed by atoms with van der Waals surface area (Å²) in [6.45, 7) is 2.11. The number of hydrogen-bond acceptors (Lipinski definition) is 2. The van der Waals surface area contributed by atoms with Gasteiger partial charge in [0, 0.05) is 19.3 Å². The summed E-state index contributed by atoms with van der Waals surface area (Å²) in [6.07, 6.45) is 15.1. The summed E-state index contributed by atoms with van der Waals surface area (Å²) in [5.41, 5.74) is 2.39. The van der Waals surface area contributed by atoms with E-state index in [4.69, 9.17) is 0 Å². The molecule has 1 heterocycles. The Morgan fingerprint density at radius 1 is 1.05 bits per heavy atom. The molecular weight excluding hydrogens is 246 g/mol. The number of rotatable bonds is 3. The highest BCUT2D eigenvalue weighted by molar-refractivity contribution is 5.46. The van der Waals surface area contributed by atoms with Crippen molar-refractivity contribution in [3.63, 3.8) is 0 Å². The molecule has 2 atom stereocenters. The maximum Gasteiger partial charge on any atom is 0.0825 e. The molecule has 0 saturated heterocycles. The van der Waals surface area contributed by atoms with E-state index in [2.05, 4.69) is 23.5 Å². The van der Waals surface area contributed by atoms with Crippen molar-refractivity contribution >= 4 is 5.69 Å². The molecule has 2 saturated carbocycles. The Bertz CT molecular complexity index is 431. The van der Waals surface area contributed by atoms with Crippen molar-refractivity contribution in [2.45, 2.75) is 70.8 Å². The van der Waals surface area contributed by atoms with Gasteiger partial charge in [-0.05, 0) is 31.6 Å². The Morgan fingerprint density at radius 3 is 2.45 bits per heavy atom. The fourth-order valence-corrected chi connectivity index (χ4v) is 4.41. The van der Waals surface area contributed by atoms with Gasteiger partial charge in [0.15, 0.2) is 0 Å². The van der Waals surface area contributed by atoms with Crippen molar-refractivity contribution in [3.8, 4) is 0 Å². The highest BCUT2D eigenvalue weighted by Gasteiger charge is 2.32. The Hall–Kier alpha value is -0.990. The molecular formula is C17H29N3. The topological polar surface area (TPSA) is 29.9 Å². The predicted molar refractivity (Wildman–Crippen MR) is 83.9 cm³/mol. The molecule has 20 heavy (non-hydrogen) atoms. The van der Waals surface area contributed by atoms with E-state index in [1.807, 2.05) is 11.7 Å². The van der Waals surface area contributed by atoms with Crippen LogP contribution >= 0.6 is 0 Å². The van der Waals surface area contributed by atoms with Crippen LogP contribution in [0.25, 0.3) is 0 Å². The van der Waals surface area contributed by atoms with Crippen molar-refractivity contribution in [3.05, 3.63) is 11.9 Å². The fraction of sp³-hybridized carbons (Fsp3) is 0.824. The van der Waals surface area contributed by atoms with Gasteiger partial charge in [0.25, 0.3) is 0 Å². The van der Waals surface area contributed by atoms with Gasteiger partial charge in [0.2, 0.25) is 0 Å². The molecule has 0 amide bonds. The second-order valence-electron chi connectivity index (χ2n) is 6.90. The normalized spacial score (nSPS) is 28.5. The van der Waals surface area contributed by atoms with Crippen molar-refractivity contribution in [2.24, 2.45) is 18.9 Å². The molecule has 0 aliphatic heterocycles. The first-order valence-electron chi connectivity index (χ1n) is 8.51. The third-order valence-electron chi connectivity index (χ3n) is 5.43. The van der Waals surface area contributed by atoms with Crippen LogP contribution in [-0.2, 0) is 7.05 Å². The zero-order valence-corrected chi connectivity index (χ0v) is 13.1. The molecule has 2 fully saturated rings. The van der Waals surface area contributed by atoms with Crippen LogP contribution < -0.4 is 5.32 Å². The molecule has 3 nitrogen and oxygen atoms in total. The predicted octanol–water partition coefficient (Wildman–Crippen LogP) is 4.28. The van der Waals surface area contributed by atoms with Crippen LogP contribution in [0.1, 0.15) is 63.5 Å². The van der Waals surface area contributed by atoms with E-state index in [1.54, 1.807) is 0 Å². The van der Waals surface area contributed by atoms with Crippen molar-refractivity contribution in [1.29, 1.82) is 0 Å². The maximum atomic E-state index is 4.47. The molecule has 112 valence electrons. The molecule has 2 aliphatic rings. The standard InChI is InChI=1S/C17H29N3/c1-13-17(12-20(2)19-13)18-16-11-7-6-10-15(16)14-8-4-3-5-9-14/h12,14-16,18H,3-11H2,1-2H3. The van der Waals surface area contributed by atoms with Gasteiger partial charge in [-0.3, -0.25) is 4.68 Å². The summed E-state index contributed by atoms with van der Waals surface area (Å²) in [5.74, 6) is 1.86. The first-order chi connectivity index (χ1) is 9.74. The zero-order valence-electron chi connectivity index (χ0n) is 13.1. The van der Waals surface area contributed by atoms with Crippen molar-refractivity contribution < 1.29 is 0 Å². The summed E-state index contributed by atoms with van der Waals surface area (Å²) in [4.78, 5) is 0. The molecule has 0 aromatic carbocycles. The molecule has 2 aliphatic carbocycles. The van der Waals surface area contributed by atoms with E-state index in [-0.39, 0.29) is 0 Å². The van der Waals surface area contributed by atoms with Gasteiger partial charge in [-0.1, -0.05) is 44.9 Å². The summed E-state index contributed by atoms with van der Waals surface area (Å²) in [7, 11) is 2.01. The maximum absolute atomic E-state index is 4.47. The van der Waals surface area contributed by atoms with Gasteiger partial charge >= 0.3 is 0 Å². The van der Waals surface area contributed by atoms with Gasteiger partial charge < -0.3 is 5.32 Å². The van der Waals surface area contributed by atoms with Crippen LogP contribution in [0.3, 0.4) is 0 Å². The van der Waals surface area contributed by atoms with Crippen molar-refractivity contribution in [1.82, 2.24) is 9.78 Å². The smallest absolute Gasteiger partial charge is 0.0825 e. The van der Waals surface area contributed by atoms with E-state index in [1.165, 1.54) is 63.5 Å². The molecule has 0 spiro atoms. The first kappa shape index (κ1) is 14.0. The lowest BCUT2D eigenvalue weighted by atomic mass is 9.71. The average Bonchev–Trinajstić information content (AvgIpc) is 2.78. The van der Waals surface area contributed by atoms with Crippen LogP contribution in [0.15, 0.2) is 6.20 Å². The van der Waals surface area contributed by atoms with Crippen LogP contribution in [0.5, 0.6) is 0 Å². The number of aryl methyl sites for hydroxylation is 2. The molecule has 0 radical (unpaired) electrons. The quantitative estimate of drug-likeness (QED) is 0.892. The van der Waals surface area contributed by atoms with E-state index in [9.17, 15) is 0 Å². The van der Waals surface area contributed by atoms with Crippen LogP contribution in [0.4, 0.5) is 5.69 Å². The van der Waals surface area contributed by atoms with Crippen molar-refractivity contribution in [2.75, 3.05) is 5.32 Å². The monoisotopic (exact) mass is 275 g/mol. The van der Waals surface area contributed by atoms with Gasteiger partial charge in [-0.25, -0.2) is 0 Å². The van der Waals surface area contributed by atoms with Gasteiger partial charge in [0.1, 0.15) is 0 Å². The highest BCUT2D eigenvalue weighted by atomic mass is 15.3. The van der Waals surface area contributed by atoms with Gasteiger partial charge in [-0.15, -0.1) is 0 Å². The van der Waals surface area contributed by atoms with E-state index >= 15 is 0 Å². The number of hydrogen-bond donors (Lipinski definition) is 1. The number of aromatic nitrogens is 2. The zero-order chi connectivity index (χ0) is 13.9. The van der Waals surface area contributed by atoms with Gasteiger partial charge in [-0.2, -0.15) is 5.10 Å². The number of anilines is 1. The average molecular weight is 275 g/mol. The SMILES string of the molecule is Cc1nn(C)cc1NC1CCCCC1C1CCCCC1. The minimum Gasteiger partial charge on any atom is -0.379 e. The lowest BCUT2D eigenvalue weighted by Crippen LogP contribution is -2.37. The molecule has 1 aromatic rings. The molecule has 3 heteroatoms. The largest absolute Gasteiger partial charge is 0.379 e. The Balaban J connectivity index is 1.70. The Labute approximate surface area is 123 Å². The van der Waals surface area contributed by atoms with E-state index < -0.39 is 0 Å². The first-order valence-corrected chi connectivity index (χ1v) is 8.51. The highest BCUT2D eigenvalue weighted by Crippen LogP contribution is 2.39. The molecule has 3 rings (SSSR count). The minimum absolute atomic E-state index is 0.676. The number of nitrogens with one attached hydrogen (secondary N) is 1. The molecule has 1 N–H and O–H groups in total. The fourth-order valence-electron chi connectivity index (χ4n) is 4.41. The van der Waals surface area contributed by atoms with Crippen LogP contribution in [0, 0.1) is 18.8 Å². The third kappa shape index (κ3) is 3.02. The molecule has 2 unspecified atom stereocenters. The third-order valence-corrected chi connectivity index (χ3v) is 5.43. The Kier molecular flexibility index (Phi) is 4.32. The minimum atomic E-state index is 0.676. The molecule has 1 aromatic heterocycles. The second kappa shape index (κ2) is 6.19. The van der Waals surface area contributed by atoms with Crippen LogP contribution in [0.2, 0.25) is 0 Å². The Morgan fingerprint density at radius 2 is 1.75 bits per heavy atom. The summed E-state index contributed by atoms with van der Waals surface area (Å²) in [5, 5.41) is 8.30. The number of nitrogens with zero attached hydrogens (tertiary/aromatic N) is 2. The lowest BCUT2D eigenvalue weighted by molar-refractivity contribution is 0.180.